The average Bonchev–Trinajstić information content (AvgIpc) is 2.86. The van der Waals surface area contributed by atoms with Gasteiger partial charge in [0, 0.05) is 21.4 Å². The zero-order valence-electron chi connectivity index (χ0n) is 12.6. The van der Waals surface area contributed by atoms with E-state index in [0.717, 1.165) is 32.9 Å². The van der Waals surface area contributed by atoms with Crippen molar-refractivity contribution in [2.75, 3.05) is 0 Å². The van der Waals surface area contributed by atoms with Crippen molar-refractivity contribution in [2.24, 2.45) is 0 Å². The van der Waals surface area contributed by atoms with Crippen molar-refractivity contribution in [1.82, 2.24) is 9.55 Å². The number of benzene rings is 2. The second-order valence-electron chi connectivity index (χ2n) is 5.08. The fourth-order valence-electron chi connectivity index (χ4n) is 2.52. The lowest BCUT2D eigenvalue weighted by Gasteiger charge is -2.10. The number of para-hydroxylation sites is 1. The highest BCUT2D eigenvalue weighted by molar-refractivity contribution is 9.10. The monoisotopic (exact) mass is 352 g/mol. The summed E-state index contributed by atoms with van der Waals surface area (Å²) >= 11 is 3.49. The van der Waals surface area contributed by atoms with Crippen LogP contribution in [0.25, 0.3) is 23.2 Å². The topological polar surface area (TPSA) is 17.8 Å². The van der Waals surface area contributed by atoms with E-state index in [0.29, 0.717) is 0 Å². The number of allylic oxidation sites excluding steroid dienone is 1. The lowest BCUT2D eigenvalue weighted by molar-refractivity contribution is 1.01. The van der Waals surface area contributed by atoms with Crippen molar-refractivity contribution in [2.45, 2.75) is 13.8 Å². The fraction of sp³-hybridized carbons (Fsp3) is 0.105. The molecule has 3 aromatic rings. The van der Waals surface area contributed by atoms with Gasteiger partial charge in [-0.3, -0.25) is 4.57 Å². The van der Waals surface area contributed by atoms with Gasteiger partial charge in [-0.15, -0.1) is 0 Å². The third kappa shape index (κ3) is 2.77. The first-order valence-electron chi connectivity index (χ1n) is 7.24. The van der Waals surface area contributed by atoms with E-state index >= 15 is 0 Å². The highest BCUT2D eigenvalue weighted by atomic mass is 79.9. The molecule has 0 saturated heterocycles. The van der Waals surface area contributed by atoms with Crippen LogP contribution in [0.15, 0.2) is 65.1 Å². The summed E-state index contributed by atoms with van der Waals surface area (Å²) in [6.07, 6.45) is 4.08. The standard InChI is InChI=1S/C19H17BrN2/c1-3-7-18-14(2)22(17-8-5-4-6-9-17)19(21-18)15-10-12-16(20)13-11-15/h3-13H,1-2H3/b7-3-. The Morgan fingerprint density at radius 2 is 1.68 bits per heavy atom. The van der Waals surface area contributed by atoms with E-state index in [4.69, 9.17) is 4.98 Å². The molecule has 2 nitrogen and oxygen atoms in total. The van der Waals surface area contributed by atoms with E-state index in [-0.39, 0.29) is 0 Å². The van der Waals surface area contributed by atoms with Crippen molar-refractivity contribution in [1.29, 1.82) is 0 Å². The summed E-state index contributed by atoms with van der Waals surface area (Å²) in [7, 11) is 0. The molecule has 0 aliphatic carbocycles. The molecule has 0 unspecified atom stereocenters. The molecule has 0 spiro atoms. The van der Waals surface area contributed by atoms with Gasteiger partial charge in [-0.25, -0.2) is 4.98 Å². The average molecular weight is 353 g/mol. The van der Waals surface area contributed by atoms with Gasteiger partial charge in [0.1, 0.15) is 5.82 Å². The van der Waals surface area contributed by atoms with E-state index in [1.165, 1.54) is 0 Å². The van der Waals surface area contributed by atoms with Gasteiger partial charge >= 0.3 is 0 Å². The van der Waals surface area contributed by atoms with E-state index in [2.05, 4.69) is 69.9 Å². The molecule has 0 radical (unpaired) electrons. The van der Waals surface area contributed by atoms with E-state index < -0.39 is 0 Å². The Kier molecular flexibility index (Phi) is 4.25. The molecule has 0 fully saturated rings. The molecule has 0 saturated carbocycles. The third-order valence-corrected chi connectivity index (χ3v) is 4.11. The summed E-state index contributed by atoms with van der Waals surface area (Å²) in [6, 6.07) is 18.6. The minimum absolute atomic E-state index is 0.962. The fourth-order valence-corrected chi connectivity index (χ4v) is 2.78. The van der Waals surface area contributed by atoms with Crippen LogP contribution in [0.1, 0.15) is 18.3 Å². The molecule has 0 bridgehead atoms. The molecule has 0 amide bonds. The van der Waals surface area contributed by atoms with Crippen LogP contribution in [0.5, 0.6) is 0 Å². The van der Waals surface area contributed by atoms with Gasteiger partial charge in [-0.1, -0.05) is 52.3 Å². The van der Waals surface area contributed by atoms with Crippen LogP contribution < -0.4 is 0 Å². The number of hydrogen-bond donors (Lipinski definition) is 0. The largest absolute Gasteiger partial charge is 0.296 e. The van der Waals surface area contributed by atoms with Crippen LogP contribution in [0.2, 0.25) is 0 Å². The number of rotatable bonds is 3. The maximum absolute atomic E-state index is 4.84. The van der Waals surface area contributed by atoms with Crippen LogP contribution >= 0.6 is 15.9 Å². The second-order valence-corrected chi connectivity index (χ2v) is 6.00. The summed E-state index contributed by atoms with van der Waals surface area (Å²) in [5, 5.41) is 0. The minimum atomic E-state index is 0.962. The smallest absolute Gasteiger partial charge is 0.145 e. The maximum atomic E-state index is 4.84. The first kappa shape index (κ1) is 14.8. The molecule has 110 valence electrons. The zero-order valence-corrected chi connectivity index (χ0v) is 14.2. The minimum Gasteiger partial charge on any atom is -0.296 e. The summed E-state index contributed by atoms with van der Waals surface area (Å²) in [6.45, 7) is 4.12. The summed E-state index contributed by atoms with van der Waals surface area (Å²) < 4.78 is 3.28. The Morgan fingerprint density at radius 1 is 1.00 bits per heavy atom. The van der Waals surface area contributed by atoms with Gasteiger partial charge < -0.3 is 0 Å². The van der Waals surface area contributed by atoms with E-state index in [1.54, 1.807) is 0 Å². The summed E-state index contributed by atoms with van der Waals surface area (Å²) in [4.78, 5) is 4.84. The zero-order chi connectivity index (χ0) is 15.5. The van der Waals surface area contributed by atoms with Crippen LogP contribution in [0, 0.1) is 6.92 Å². The Hall–Kier alpha value is -2.13. The molecule has 22 heavy (non-hydrogen) atoms. The molecule has 0 aliphatic rings. The third-order valence-electron chi connectivity index (χ3n) is 3.59. The van der Waals surface area contributed by atoms with Gasteiger partial charge in [0.15, 0.2) is 0 Å². The van der Waals surface area contributed by atoms with Crippen molar-refractivity contribution >= 4 is 22.0 Å². The lowest BCUT2D eigenvalue weighted by Crippen LogP contribution is -1.99. The Balaban J connectivity index is 2.24. The van der Waals surface area contributed by atoms with Crippen LogP contribution in [-0.2, 0) is 0 Å². The number of imidazole rings is 1. The van der Waals surface area contributed by atoms with Gasteiger partial charge in [-0.2, -0.15) is 0 Å². The Labute approximate surface area is 139 Å². The first-order chi connectivity index (χ1) is 10.7. The van der Waals surface area contributed by atoms with Gasteiger partial charge in [0.05, 0.1) is 5.69 Å². The molecule has 0 atom stereocenters. The highest BCUT2D eigenvalue weighted by Gasteiger charge is 2.15. The van der Waals surface area contributed by atoms with E-state index in [9.17, 15) is 0 Å². The maximum Gasteiger partial charge on any atom is 0.145 e. The number of aromatic nitrogens is 2. The van der Waals surface area contributed by atoms with Crippen molar-refractivity contribution < 1.29 is 0 Å². The van der Waals surface area contributed by atoms with Crippen molar-refractivity contribution in [3.8, 4) is 17.1 Å². The molecular formula is C19H17BrN2. The first-order valence-corrected chi connectivity index (χ1v) is 8.03. The molecule has 1 heterocycles. The van der Waals surface area contributed by atoms with E-state index in [1.807, 2.05) is 31.2 Å². The summed E-state index contributed by atoms with van der Waals surface area (Å²) in [5.74, 6) is 0.962. The second kappa shape index (κ2) is 6.32. The highest BCUT2D eigenvalue weighted by Crippen LogP contribution is 2.28. The van der Waals surface area contributed by atoms with Crippen molar-refractivity contribution in [3.05, 3.63) is 76.5 Å². The Bertz CT molecular complexity index is 799. The molecule has 3 rings (SSSR count). The molecule has 2 aromatic carbocycles. The van der Waals surface area contributed by atoms with Gasteiger partial charge in [-0.05, 0) is 44.2 Å². The summed E-state index contributed by atoms with van der Waals surface area (Å²) in [5.41, 5.74) is 4.37. The molecular weight excluding hydrogens is 336 g/mol. The normalized spacial score (nSPS) is 11.2. The van der Waals surface area contributed by atoms with Gasteiger partial charge in [0.25, 0.3) is 0 Å². The van der Waals surface area contributed by atoms with Crippen LogP contribution in [-0.4, -0.2) is 9.55 Å². The van der Waals surface area contributed by atoms with Crippen LogP contribution in [0.4, 0.5) is 0 Å². The number of halogens is 1. The molecule has 0 aliphatic heterocycles. The quantitative estimate of drug-likeness (QED) is 0.596. The molecule has 0 N–H and O–H groups in total. The lowest BCUT2D eigenvalue weighted by atomic mass is 10.2. The predicted octanol–water partition coefficient (Wildman–Crippen LogP) is 5.64. The Morgan fingerprint density at radius 3 is 2.32 bits per heavy atom. The predicted molar refractivity (Wildman–Crippen MR) is 96.1 cm³/mol. The van der Waals surface area contributed by atoms with Crippen molar-refractivity contribution in [3.63, 3.8) is 0 Å². The van der Waals surface area contributed by atoms with Gasteiger partial charge in [0.2, 0.25) is 0 Å². The SMILES string of the molecule is C/C=C\c1nc(-c2ccc(Br)cc2)n(-c2ccccc2)c1C. The molecule has 3 heteroatoms. The number of hydrogen-bond acceptors (Lipinski definition) is 1. The molecule has 1 aromatic heterocycles. The van der Waals surface area contributed by atoms with Crippen LogP contribution in [0.3, 0.4) is 0 Å². The number of nitrogens with zero attached hydrogens (tertiary/aromatic N) is 2.